The number of ketones is 1. The average Bonchev–Trinajstić information content (AvgIpc) is 3.18. The average molecular weight is 477 g/mol. The maximum atomic E-state index is 13.3. The van der Waals surface area contributed by atoms with Gasteiger partial charge in [-0.1, -0.05) is 85.8 Å². The van der Waals surface area contributed by atoms with E-state index in [1.807, 2.05) is 6.07 Å². The monoisotopic (exact) mass is 476 g/mol. The molecular weight excluding hydrogens is 440 g/mol. The van der Waals surface area contributed by atoms with Crippen LogP contribution in [0.5, 0.6) is 5.75 Å². The number of allylic oxidation sites excluding steroid dienone is 1. The molecule has 2 saturated carbocycles. The largest absolute Gasteiger partial charge is 0.489 e. The van der Waals surface area contributed by atoms with Gasteiger partial charge in [0.25, 0.3) is 0 Å². The Bertz CT molecular complexity index is 1240. The van der Waals surface area contributed by atoms with Crippen LogP contribution < -0.4 is 4.74 Å². The highest BCUT2D eigenvalue weighted by molar-refractivity contribution is 5.87. The summed E-state index contributed by atoms with van der Waals surface area (Å²) in [6.45, 7) is 2.89. The number of hydrogen-bond donors (Lipinski definition) is 0. The van der Waals surface area contributed by atoms with E-state index < -0.39 is 0 Å². The number of fused-ring (bicyclic) bond motifs is 5. The van der Waals surface area contributed by atoms with Gasteiger partial charge in [0.05, 0.1) is 0 Å². The minimum absolute atomic E-state index is 0.136. The second kappa shape index (κ2) is 9.73. The summed E-state index contributed by atoms with van der Waals surface area (Å²) < 4.78 is 6.14. The fraction of sp³-hybridized carbons (Fsp3) is 0.382. The topological polar surface area (TPSA) is 26.3 Å². The zero-order chi connectivity index (χ0) is 24.5. The van der Waals surface area contributed by atoms with Crippen molar-refractivity contribution in [2.45, 2.75) is 58.0 Å². The lowest BCUT2D eigenvalue weighted by Crippen LogP contribution is -2.44. The van der Waals surface area contributed by atoms with Crippen molar-refractivity contribution in [3.63, 3.8) is 0 Å². The van der Waals surface area contributed by atoms with Crippen LogP contribution in [0.4, 0.5) is 0 Å². The molecule has 0 unspecified atom stereocenters. The predicted octanol–water partition coefficient (Wildman–Crippen LogP) is 8.02. The van der Waals surface area contributed by atoms with Crippen LogP contribution in [0.1, 0.15) is 67.2 Å². The number of Topliss-reactive ketones (excluding diaryl/α,β-unsaturated/α-hetero) is 1. The van der Waals surface area contributed by atoms with Gasteiger partial charge in [-0.25, -0.2) is 0 Å². The number of hydrogen-bond acceptors (Lipinski definition) is 2. The van der Waals surface area contributed by atoms with Gasteiger partial charge < -0.3 is 4.74 Å². The fourth-order valence-corrected chi connectivity index (χ4v) is 7.61. The molecule has 0 amide bonds. The van der Waals surface area contributed by atoms with E-state index in [1.54, 1.807) is 0 Å². The van der Waals surface area contributed by atoms with Gasteiger partial charge in [0.15, 0.2) is 0 Å². The lowest BCUT2D eigenvalue weighted by molar-refractivity contribution is -0.129. The molecular formula is C34H36O2. The maximum absolute atomic E-state index is 13.3. The minimum atomic E-state index is -0.136. The lowest BCUT2D eigenvalue weighted by Gasteiger charge is -2.50. The summed E-state index contributed by atoms with van der Waals surface area (Å²) in [6.07, 6.45) is 10.7. The minimum Gasteiger partial charge on any atom is -0.489 e. The third-order valence-corrected chi connectivity index (χ3v) is 9.34. The van der Waals surface area contributed by atoms with Gasteiger partial charge in [-0.3, -0.25) is 4.79 Å². The summed E-state index contributed by atoms with van der Waals surface area (Å²) in [5.74, 6) is 3.61. The van der Waals surface area contributed by atoms with Crippen molar-refractivity contribution in [3.05, 3.63) is 107 Å². The molecule has 0 saturated heterocycles. The van der Waals surface area contributed by atoms with Crippen LogP contribution in [0.3, 0.4) is 0 Å². The molecule has 3 aliphatic carbocycles. The van der Waals surface area contributed by atoms with E-state index >= 15 is 0 Å². The molecule has 2 fully saturated rings. The van der Waals surface area contributed by atoms with Crippen LogP contribution in [0.2, 0.25) is 0 Å². The molecule has 0 N–H and O–H groups in total. The quantitative estimate of drug-likeness (QED) is 0.360. The number of rotatable bonds is 6. The molecule has 36 heavy (non-hydrogen) atoms. The molecule has 3 aromatic rings. The van der Waals surface area contributed by atoms with Gasteiger partial charge in [-0.05, 0) is 90.2 Å². The first-order valence-electron chi connectivity index (χ1n) is 13.7. The number of carbonyl (C=O) groups is 1. The van der Waals surface area contributed by atoms with Crippen molar-refractivity contribution in [3.8, 4) is 5.75 Å². The molecule has 184 valence electrons. The summed E-state index contributed by atoms with van der Waals surface area (Å²) in [7, 11) is 0. The Kier molecular flexibility index (Phi) is 6.29. The molecule has 0 aromatic heterocycles. The normalized spacial score (nSPS) is 29.0. The second-order valence-corrected chi connectivity index (χ2v) is 11.4. The smallest absolute Gasteiger partial charge is 0.139 e. The molecule has 2 heteroatoms. The number of benzene rings is 3. The van der Waals surface area contributed by atoms with Crippen LogP contribution in [0, 0.1) is 23.2 Å². The standard InChI is InChI=1S/C34H36O2/c1-34-20-19-30-29-18-16-28(36-23-25-11-6-3-7-12-25)21-26(29)15-17-31(30)33(34)27(22-32(34)35)14-8-13-24-9-4-2-5-10-24/h2-13,16,18,21,27,30-31,33H,14-15,17,19-20,22-23H2,1H3/b13-8+/t27-,30+,31+,33-,34+/m0/s1. The molecule has 6 rings (SSSR count). The van der Waals surface area contributed by atoms with Crippen molar-refractivity contribution < 1.29 is 9.53 Å². The highest BCUT2D eigenvalue weighted by Gasteiger charge is 2.58. The first-order chi connectivity index (χ1) is 17.6. The van der Waals surface area contributed by atoms with Crippen molar-refractivity contribution in [2.75, 3.05) is 0 Å². The van der Waals surface area contributed by atoms with Gasteiger partial charge in [0, 0.05) is 11.8 Å². The van der Waals surface area contributed by atoms with E-state index in [1.165, 1.54) is 28.7 Å². The third kappa shape index (κ3) is 4.32. The van der Waals surface area contributed by atoms with Crippen molar-refractivity contribution in [1.82, 2.24) is 0 Å². The van der Waals surface area contributed by atoms with Gasteiger partial charge in [-0.2, -0.15) is 0 Å². The van der Waals surface area contributed by atoms with Crippen LogP contribution >= 0.6 is 0 Å². The Labute approximate surface area is 215 Å². The summed E-state index contributed by atoms with van der Waals surface area (Å²) in [4.78, 5) is 13.3. The molecule has 0 aliphatic heterocycles. The molecule has 0 heterocycles. The first kappa shape index (κ1) is 23.3. The second-order valence-electron chi connectivity index (χ2n) is 11.4. The van der Waals surface area contributed by atoms with Gasteiger partial charge in [0.2, 0.25) is 0 Å². The van der Waals surface area contributed by atoms with Crippen LogP contribution in [-0.2, 0) is 17.8 Å². The van der Waals surface area contributed by atoms with E-state index in [0.29, 0.717) is 36.1 Å². The third-order valence-electron chi connectivity index (χ3n) is 9.34. The Morgan fingerprint density at radius 3 is 2.56 bits per heavy atom. The predicted molar refractivity (Wildman–Crippen MR) is 146 cm³/mol. The lowest BCUT2D eigenvalue weighted by atomic mass is 9.54. The number of aryl methyl sites for hydroxylation is 1. The molecule has 3 aliphatic rings. The fourth-order valence-electron chi connectivity index (χ4n) is 7.61. The molecule has 0 radical (unpaired) electrons. The van der Waals surface area contributed by atoms with E-state index in [4.69, 9.17) is 4.74 Å². The maximum Gasteiger partial charge on any atom is 0.139 e. The van der Waals surface area contributed by atoms with E-state index in [-0.39, 0.29) is 5.41 Å². The van der Waals surface area contributed by atoms with Crippen molar-refractivity contribution >= 4 is 11.9 Å². The van der Waals surface area contributed by atoms with Crippen molar-refractivity contribution in [2.24, 2.45) is 23.2 Å². The highest BCUT2D eigenvalue weighted by atomic mass is 16.5. The zero-order valence-electron chi connectivity index (χ0n) is 21.2. The molecule has 0 spiro atoms. The molecule has 0 bridgehead atoms. The number of ether oxygens (including phenoxy) is 1. The van der Waals surface area contributed by atoms with E-state index in [2.05, 4.69) is 91.9 Å². The zero-order valence-corrected chi connectivity index (χ0v) is 21.2. The van der Waals surface area contributed by atoms with Crippen LogP contribution in [0.15, 0.2) is 84.9 Å². The van der Waals surface area contributed by atoms with Crippen molar-refractivity contribution in [1.29, 1.82) is 0 Å². The summed E-state index contributed by atoms with van der Waals surface area (Å²) in [6, 6.07) is 27.7. The Morgan fingerprint density at radius 1 is 0.972 bits per heavy atom. The number of carbonyl (C=O) groups excluding carboxylic acids is 1. The molecule has 5 atom stereocenters. The van der Waals surface area contributed by atoms with Gasteiger partial charge in [0.1, 0.15) is 18.1 Å². The van der Waals surface area contributed by atoms with Crippen LogP contribution in [0.25, 0.3) is 6.08 Å². The Balaban J connectivity index is 1.20. The van der Waals surface area contributed by atoms with E-state index in [9.17, 15) is 4.79 Å². The first-order valence-corrected chi connectivity index (χ1v) is 13.7. The Morgan fingerprint density at radius 2 is 1.75 bits per heavy atom. The van der Waals surface area contributed by atoms with Crippen LogP contribution in [-0.4, -0.2) is 5.78 Å². The molecule has 2 nitrogen and oxygen atoms in total. The van der Waals surface area contributed by atoms with Gasteiger partial charge >= 0.3 is 0 Å². The Hall–Kier alpha value is -3.13. The summed E-state index contributed by atoms with van der Waals surface area (Å²) in [5.41, 5.74) is 5.26. The SMILES string of the molecule is C[C@]12CC[C@@H]3c4ccc(OCc5ccccc5)cc4CC[C@H]3[C@@H]1[C@@H](C/C=C/c1ccccc1)CC2=O. The molecule has 3 aromatic carbocycles. The van der Waals surface area contributed by atoms with E-state index in [0.717, 1.165) is 37.9 Å². The highest BCUT2D eigenvalue weighted by Crippen LogP contribution is 2.62. The van der Waals surface area contributed by atoms with Gasteiger partial charge in [-0.15, -0.1) is 0 Å². The summed E-state index contributed by atoms with van der Waals surface area (Å²) in [5, 5.41) is 0. The summed E-state index contributed by atoms with van der Waals surface area (Å²) >= 11 is 0.